The van der Waals surface area contributed by atoms with Crippen LogP contribution in [0.15, 0.2) is 87.3 Å². The molecule has 0 unspecified atom stereocenters. The molecule has 3 rings (SSSR count). The van der Waals surface area contributed by atoms with Gasteiger partial charge in [0, 0.05) is 9.50 Å². The van der Waals surface area contributed by atoms with E-state index in [0.717, 1.165) is 4.47 Å². The van der Waals surface area contributed by atoms with E-state index in [2.05, 4.69) is 31.2 Å². The van der Waals surface area contributed by atoms with E-state index in [1.54, 1.807) is 48.5 Å². The highest BCUT2D eigenvalue weighted by molar-refractivity contribution is 9.10. The molecule has 2 N–H and O–H groups in total. The van der Waals surface area contributed by atoms with Crippen molar-refractivity contribution in [3.63, 3.8) is 0 Å². The van der Waals surface area contributed by atoms with Gasteiger partial charge in [0.2, 0.25) is 10.0 Å². The maximum absolute atomic E-state index is 12.1. The largest absolute Gasteiger partial charge is 0.423 e. The molecule has 0 aromatic heterocycles. The Kier molecular flexibility index (Phi) is 8.34. The first-order valence-corrected chi connectivity index (χ1v) is 12.0. The number of ether oxygens (including phenoxy) is 1. The molecule has 3 aromatic carbocycles. The Morgan fingerprint density at radius 2 is 1.61 bits per heavy atom. The van der Waals surface area contributed by atoms with Crippen LogP contribution in [-0.2, 0) is 14.8 Å². The van der Waals surface area contributed by atoms with Gasteiger partial charge in [-0.1, -0.05) is 27.5 Å². The van der Waals surface area contributed by atoms with Crippen molar-refractivity contribution < 1.29 is 22.7 Å². The summed E-state index contributed by atoms with van der Waals surface area (Å²) >= 11 is 9.04. The Morgan fingerprint density at radius 3 is 2.24 bits per heavy atom. The fraction of sp³-hybridized carbons (Fsp3) is 0.0455. The lowest BCUT2D eigenvalue weighted by Crippen LogP contribution is -2.34. The Bertz CT molecular complexity index is 1260. The lowest BCUT2D eigenvalue weighted by atomic mass is 10.2. The number of amides is 1. The van der Waals surface area contributed by atoms with Gasteiger partial charge in [-0.25, -0.2) is 23.4 Å². The number of carbonyl (C=O) groups excluding carboxylic acids is 2. The molecule has 0 radical (unpaired) electrons. The van der Waals surface area contributed by atoms with Crippen LogP contribution in [0.4, 0.5) is 0 Å². The smallest absolute Gasteiger partial charge is 0.343 e. The molecule has 170 valence electrons. The third kappa shape index (κ3) is 7.50. The molecular formula is C22H17BrClN3O5S. The average Bonchev–Trinajstić information content (AvgIpc) is 2.80. The van der Waals surface area contributed by atoms with Gasteiger partial charge in [0.15, 0.2) is 0 Å². The van der Waals surface area contributed by atoms with E-state index in [0.29, 0.717) is 21.9 Å². The molecule has 0 aliphatic carbocycles. The van der Waals surface area contributed by atoms with E-state index >= 15 is 0 Å². The number of hydrogen-bond donors (Lipinski definition) is 2. The van der Waals surface area contributed by atoms with Crippen LogP contribution in [0, 0.1) is 0 Å². The zero-order valence-corrected chi connectivity index (χ0v) is 20.0. The predicted octanol–water partition coefficient (Wildman–Crippen LogP) is 3.75. The van der Waals surface area contributed by atoms with Crippen molar-refractivity contribution in [3.05, 3.63) is 93.4 Å². The summed E-state index contributed by atoms with van der Waals surface area (Å²) in [5, 5.41) is 4.18. The van der Waals surface area contributed by atoms with Crippen LogP contribution in [0.25, 0.3) is 0 Å². The highest BCUT2D eigenvalue weighted by Gasteiger charge is 2.15. The van der Waals surface area contributed by atoms with E-state index in [-0.39, 0.29) is 4.90 Å². The highest BCUT2D eigenvalue weighted by atomic mass is 79.9. The van der Waals surface area contributed by atoms with Crippen molar-refractivity contribution >= 4 is 55.6 Å². The maximum Gasteiger partial charge on any atom is 0.343 e. The third-order valence-electron chi connectivity index (χ3n) is 4.12. The Morgan fingerprint density at radius 1 is 0.970 bits per heavy atom. The summed E-state index contributed by atoms with van der Waals surface area (Å²) in [4.78, 5) is 24.0. The number of sulfonamides is 1. The number of nitrogens with one attached hydrogen (secondary N) is 2. The van der Waals surface area contributed by atoms with Gasteiger partial charge in [0.1, 0.15) is 5.75 Å². The van der Waals surface area contributed by atoms with Gasteiger partial charge in [-0.15, -0.1) is 0 Å². The summed E-state index contributed by atoms with van der Waals surface area (Å²) in [6, 6.07) is 18.8. The number of rotatable bonds is 8. The first-order valence-electron chi connectivity index (χ1n) is 9.38. The second-order valence-electron chi connectivity index (χ2n) is 6.54. The van der Waals surface area contributed by atoms with Gasteiger partial charge in [0.25, 0.3) is 5.91 Å². The molecule has 11 heteroatoms. The van der Waals surface area contributed by atoms with Crippen LogP contribution >= 0.6 is 27.5 Å². The summed E-state index contributed by atoms with van der Waals surface area (Å²) < 4.78 is 32.6. The van der Waals surface area contributed by atoms with E-state index in [1.165, 1.54) is 30.5 Å². The van der Waals surface area contributed by atoms with Crippen molar-refractivity contribution in [2.45, 2.75) is 4.90 Å². The van der Waals surface area contributed by atoms with Gasteiger partial charge in [0.05, 0.1) is 23.2 Å². The molecule has 0 spiro atoms. The molecule has 0 saturated carbocycles. The number of benzene rings is 3. The van der Waals surface area contributed by atoms with Crippen LogP contribution in [0.2, 0.25) is 5.02 Å². The molecule has 0 aliphatic heterocycles. The van der Waals surface area contributed by atoms with E-state index in [9.17, 15) is 18.0 Å². The van der Waals surface area contributed by atoms with Crippen molar-refractivity contribution in [1.82, 2.24) is 10.1 Å². The molecule has 0 atom stereocenters. The maximum atomic E-state index is 12.1. The van der Waals surface area contributed by atoms with Gasteiger partial charge < -0.3 is 4.74 Å². The number of nitrogens with zero attached hydrogens (tertiary/aromatic N) is 1. The second kappa shape index (κ2) is 11.2. The van der Waals surface area contributed by atoms with Gasteiger partial charge in [-0.05, 0) is 78.4 Å². The summed E-state index contributed by atoms with van der Waals surface area (Å²) in [7, 11) is -3.85. The quantitative estimate of drug-likeness (QED) is 0.192. The van der Waals surface area contributed by atoms with Crippen molar-refractivity contribution in [1.29, 1.82) is 0 Å². The minimum Gasteiger partial charge on any atom is -0.423 e. The zero-order chi connectivity index (χ0) is 23.8. The molecule has 1 amide bonds. The van der Waals surface area contributed by atoms with Gasteiger partial charge in [-0.3, -0.25) is 4.79 Å². The minimum absolute atomic E-state index is 0.0101. The van der Waals surface area contributed by atoms with Crippen LogP contribution in [0.3, 0.4) is 0 Å². The van der Waals surface area contributed by atoms with E-state index in [4.69, 9.17) is 16.3 Å². The number of hydrogen-bond acceptors (Lipinski definition) is 6. The summed E-state index contributed by atoms with van der Waals surface area (Å²) in [6.07, 6.45) is 1.37. The van der Waals surface area contributed by atoms with E-state index in [1.807, 2.05) is 0 Å². The Labute approximate surface area is 203 Å². The third-order valence-corrected chi connectivity index (χ3v) is 6.32. The average molecular weight is 551 g/mol. The normalized spacial score (nSPS) is 11.3. The fourth-order valence-electron chi connectivity index (χ4n) is 2.45. The molecular weight excluding hydrogens is 534 g/mol. The lowest BCUT2D eigenvalue weighted by molar-refractivity contribution is -0.119. The van der Waals surface area contributed by atoms with Crippen molar-refractivity contribution in [3.8, 4) is 5.75 Å². The number of carbonyl (C=O) groups is 2. The monoisotopic (exact) mass is 549 g/mol. The lowest BCUT2D eigenvalue weighted by Gasteiger charge is -2.06. The Hall–Kier alpha value is -3.05. The number of esters is 1. The van der Waals surface area contributed by atoms with Crippen LogP contribution in [0.1, 0.15) is 15.9 Å². The summed E-state index contributed by atoms with van der Waals surface area (Å²) in [5.41, 5.74) is 3.27. The molecule has 8 nitrogen and oxygen atoms in total. The molecule has 0 saturated heterocycles. The highest BCUT2D eigenvalue weighted by Crippen LogP contribution is 2.16. The molecule has 0 heterocycles. The molecule has 0 aliphatic rings. The molecule has 33 heavy (non-hydrogen) atoms. The predicted molar refractivity (Wildman–Crippen MR) is 128 cm³/mol. The molecule has 0 bridgehead atoms. The minimum atomic E-state index is -3.85. The summed E-state index contributed by atoms with van der Waals surface area (Å²) in [5.74, 6) is -0.790. The number of hydrazone groups is 1. The van der Waals surface area contributed by atoms with E-state index < -0.39 is 28.4 Å². The fourth-order valence-corrected chi connectivity index (χ4v) is 3.82. The van der Waals surface area contributed by atoms with Gasteiger partial charge >= 0.3 is 5.97 Å². The zero-order valence-electron chi connectivity index (χ0n) is 16.9. The topological polar surface area (TPSA) is 114 Å². The molecule has 0 fully saturated rings. The second-order valence-corrected chi connectivity index (χ2v) is 9.66. The number of halogens is 2. The SMILES string of the molecule is O=C(CNS(=O)(=O)c1ccc(Cl)cc1)NN=Cc1ccc(OC(=O)c2ccc(Br)cc2)cc1. The van der Waals surface area contributed by atoms with Crippen LogP contribution in [0.5, 0.6) is 5.75 Å². The van der Waals surface area contributed by atoms with Crippen LogP contribution < -0.4 is 14.9 Å². The first kappa shape index (κ1) is 24.6. The Balaban J connectivity index is 1.47. The first-order chi connectivity index (χ1) is 15.7. The summed E-state index contributed by atoms with van der Waals surface area (Å²) in [6.45, 7) is -0.493. The van der Waals surface area contributed by atoms with Crippen molar-refractivity contribution in [2.24, 2.45) is 5.10 Å². The van der Waals surface area contributed by atoms with Crippen molar-refractivity contribution in [2.75, 3.05) is 6.54 Å². The molecule has 3 aromatic rings. The van der Waals surface area contributed by atoms with Crippen LogP contribution in [-0.4, -0.2) is 33.1 Å². The van der Waals surface area contributed by atoms with Gasteiger partial charge in [-0.2, -0.15) is 5.10 Å². The standard InChI is InChI=1S/C22H17BrClN3O5S/c23-17-5-3-16(4-6-17)22(29)32-19-9-1-15(2-10-19)13-25-27-21(28)14-26-33(30,31)20-11-7-18(24)8-12-20/h1-13,26H,14H2,(H,27,28).